The third-order valence-electron chi connectivity index (χ3n) is 3.57. The van der Waals surface area contributed by atoms with E-state index in [0.717, 1.165) is 41.1 Å². The van der Waals surface area contributed by atoms with Crippen molar-refractivity contribution in [2.75, 3.05) is 11.9 Å². The van der Waals surface area contributed by atoms with Crippen LogP contribution in [-0.2, 0) is 13.0 Å². The maximum atomic E-state index is 11.9. The molecule has 2 N–H and O–H groups in total. The van der Waals surface area contributed by atoms with Crippen molar-refractivity contribution in [2.24, 2.45) is 0 Å². The van der Waals surface area contributed by atoms with Gasteiger partial charge in [0.1, 0.15) is 5.82 Å². The highest BCUT2D eigenvalue weighted by molar-refractivity contribution is 7.16. The number of aryl methyl sites for hydroxylation is 2. The number of benzene rings is 1. The van der Waals surface area contributed by atoms with Gasteiger partial charge in [-0.15, -0.1) is 11.3 Å². The Bertz CT molecular complexity index is 794. The fourth-order valence-corrected chi connectivity index (χ4v) is 3.08. The number of nitrogens with zero attached hydrogens (tertiary/aromatic N) is 3. The van der Waals surface area contributed by atoms with Gasteiger partial charge in [0, 0.05) is 37.6 Å². The number of fused-ring (bicyclic) bond motifs is 1. The van der Waals surface area contributed by atoms with Gasteiger partial charge in [0.2, 0.25) is 0 Å². The quantitative estimate of drug-likeness (QED) is 0.682. The number of amides is 2. The summed E-state index contributed by atoms with van der Waals surface area (Å²) in [7, 11) is 0. The van der Waals surface area contributed by atoms with Crippen molar-refractivity contribution in [3.05, 3.63) is 41.9 Å². The number of hydrogen-bond acceptors (Lipinski definition) is 4. The van der Waals surface area contributed by atoms with Gasteiger partial charge in [-0.25, -0.2) is 14.8 Å². The zero-order chi connectivity index (χ0) is 16.1. The number of urea groups is 1. The minimum Gasteiger partial charge on any atom is -0.338 e. The largest absolute Gasteiger partial charge is 0.338 e. The molecule has 2 heterocycles. The van der Waals surface area contributed by atoms with Crippen molar-refractivity contribution in [1.29, 1.82) is 0 Å². The molecule has 0 saturated carbocycles. The molecule has 0 unspecified atom stereocenters. The van der Waals surface area contributed by atoms with Gasteiger partial charge < -0.3 is 15.2 Å². The van der Waals surface area contributed by atoms with Crippen molar-refractivity contribution in [3.8, 4) is 0 Å². The molecule has 6 nitrogen and oxygen atoms in total. The smallest absolute Gasteiger partial charge is 0.319 e. The second-order valence-electron chi connectivity index (χ2n) is 5.16. The molecule has 1 aromatic carbocycles. The number of hydrogen-bond donors (Lipinski definition) is 2. The summed E-state index contributed by atoms with van der Waals surface area (Å²) in [6.45, 7) is 3.56. The molecule has 0 saturated heterocycles. The number of thiazole rings is 1. The predicted octanol–water partition coefficient (Wildman–Crippen LogP) is 3.27. The highest BCUT2D eigenvalue weighted by Crippen LogP contribution is 2.21. The average molecular weight is 329 g/mol. The van der Waals surface area contributed by atoms with Gasteiger partial charge in [-0.1, -0.05) is 6.92 Å². The SMILES string of the molecule is CCc1nccn1CCCNC(=O)Nc1ccc2scnc2c1. The Morgan fingerprint density at radius 2 is 2.26 bits per heavy atom. The van der Waals surface area contributed by atoms with E-state index in [1.165, 1.54) is 0 Å². The normalized spacial score (nSPS) is 10.8. The molecule has 3 rings (SSSR count). The van der Waals surface area contributed by atoms with E-state index in [9.17, 15) is 4.79 Å². The topological polar surface area (TPSA) is 71.8 Å². The van der Waals surface area contributed by atoms with Crippen LogP contribution in [0.25, 0.3) is 10.2 Å². The molecule has 2 aromatic heterocycles. The summed E-state index contributed by atoms with van der Waals surface area (Å²) in [6.07, 6.45) is 5.57. The molecular weight excluding hydrogens is 310 g/mol. The summed E-state index contributed by atoms with van der Waals surface area (Å²) in [5.74, 6) is 1.08. The van der Waals surface area contributed by atoms with Crippen molar-refractivity contribution >= 4 is 33.3 Å². The molecule has 0 aliphatic carbocycles. The van der Waals surface area contributed by atoms with E-state index in [2.05, 4.69) is 32.1 Å². The minimum absolute atomic E-state index is 0.194. The lowest BCUT2D eigenvalue weighted by Gasteiger charge is -2.09. The highest BCUT2D eigenvalue weighted by atomic mass is 32.1. The van der Waals surface area contributed by atoms with Crippen LogP contribution < -0.4 is 10.6 Å². The standard InChI is InChI=1S/C16H19N5OS/c1-2-15-17-7-9-21(15)8-3-6-18-16(22)20-12-4-5-14-13(10-12)19-11-23-14/h4-5,7,9-11H,2-3,6,8H2,1H3,(H2,18,20,22). The Labute approximate surface area is 138 Å². The molecule has 23 heavy (non-hydrogen) atoms. The summed E-state index contributed by atoms with van der Waals surface area (Å²) < 4.78 is 3.23. The molecule has 0 radical (unpaired) electrons. The first kappa shape index (κ1) is 15.5. The Hall–Kier alpha value is -2.41. The summed E-state index contributed by atoms with van der Waals surface area (Å²) in [5, 5.41) is 5.71. The monoisotopic (exact) mass is 329 g/mol. The molecule has 2 amide bonds. The molecule has 0 aliphatic rings. The third-order valence-corrected chi connectivity index (χ3v) is 4.38. The Morgan fingerprint density at radius 1 is 1.35 bits per heavy atom. The van der Waals surface area contributed by atoms with E-state index in [1.54, 1.807) is 16.8 Å². The molecule has 0 atom stereocenters. The fourth-order valence-electron chi connectivity index (χ4n) is 2.42. The number of nitrogens with one attached hydrogen (secondary N) is 2. The van der Waals surface area contributed by atoms with Crippen molar-refractivity contribution in [3.63, 3.8) is 0 Å². The third kappa shape index (κ3) is 3.87. The molecule has 120 valence electrons. The second kappa shape index (κ2) is 7.23. The maximum absolute atomic E-state index is 11.9. The Kier molecular flexibility index (Phi) is 4.87. The molecule has 0 aliphatic heterocycles. The summed E-state index contributed by atoms with van der Waals surface area (Å²) in [5.41, 5.74) is 3.46. The van der Waals surface area contributed by atoms with Crippen LogP contribution in [0.5, 0.6) is 0 Å². The van der Waals surface area contributed by atoms with Crippen LogP contribution in [0.15, 0.2) is 36.1 Å². The lowest BCUT2D eigenvalue weighted by molar-refractivity contribution is 0.252. The first-order valence-electron chi connectivity index (χ1n) is 7.64. The van der Waals surface area contributed by atoms with Crippen LogP contribution >= 0.6 is 11.3 Å². The van der Waals surface area contributed by atoms with Crippen molar-refractivity contribution in [2.45, 2.75) is 26.3 Å². The summed E-state index contributed by atoms with van der Waals surface area (Å²) in [4.78, 5) is 20.4. The minimum atomic E-state index is -0.194. The molecule has 0 bridgehead atoms. The number of carbonyl (C=O) groups is 1. The second-order valence-corrected chi connectivity index (χ2v) is 6.05. The van der Waals surface area contributed by atoms with Gasteiger partial charge in [0.15, 0.2) is 0 Å². The van der Waals surface area contributed by atoms with Crippen LogP contribution in [0, 0.1) is 0 Å². The molecule has 0 fully saturated rings. The van der Waals surface area contributed by atoms with Crippen LogP contribution in [0.4, 0.5) is 10.5 Å². The Balaban J connectivity index is 1.44. The molecule has 0 spiro atoms. The maximum Gasteiger partial charge on any atom is 0.319 e. The van der Waals surface area contributed by atoms with Crippen LogP contribution in [-0.4, -0.2) is 27.1 Å². The first-order valence-corrected chi connectivity index (χ1v) is 8.52. The van der Waals surface area contributed by atoms with Crippen LogP contribution in [0.2, 0.25) is 0 Å². The zero-order valence-corrected chi connectivity index (χ0v) is 13.8. The zero-order valence-electron chi connectivity index (χ0n) is 13.0. The van der Waals surface area contributed by atoms with Crippen LogP contribution in [0.1, 0.15) is 19.2 Å². The van der Waals surface area contributed by atoms with E-state index in [-0.39, 0.29) is 6.03 Å². The Morgan fingerprint density at radius 3 is 3.13 bits per heavy atom. The van der Waals surface area contributed by atoms with E-state index in [0.29, 0.717) is 6.54 Å². The van der Waals surface area contributed by atoms with Crippen molar-refractivity contribution in [1.82, 2.24) is 19.9 Å². The van der Waals surface area contributed by atoms with Gasteiger partial charge >= 0.3 is 6.03 Å². The molecule has 3 aromatic rings. The number of aromatic nitrogens is 3. The summed E-state index contributed by atoms with van der Waals surface area (Å²) >= 11 is 1.59. The lowest BCUT2D eigenvalue weighted by Crippen LogP contribution is -2.30. The number of rotatable bonds is 6. The summed E-state index contributed by atoms with van der Waals surface area (Å²) in [6, 6.07) is 5.54. The molecule has 7 heteroatoms. The van der Waals surface area contributed by atoms with Gasteiger partial charge in [-0.05, 0) is 24.6 Å². The van der Waals surface area contributed by atoms with E-state index < -0.39 is 0 Å². The predicted molar refractivity (Wildman–Crippen MR) is 92.9 cm³/mol. The number of imidazole rings is 1. The molecular formula is C16H19N5OS. The van der Waals surface area contributed by atoms with E-state index >= 15 is 0 Å². The number of anilines is 1. The fraction of sp³-hybridized carbons (Fsp3) is 0.312. The van der Waals surface area contributed by atoms with Crippen LogP contribution in [0.3, 0.4) is 0 Å². The van der Waals surface area contributed by atoms with E-state index in [1.807, 2.05) is 30.6 Å². The van der Waals surface area contributed by atoms with Gasteiger partial charge in [0.25, 0.3) is 0 Å². The van der Waals surface area contributed by atoms with Gasteiger partial charge in [-0.3, -0.25) is 0 Å². The first-order chi connectivity index (χ1) is 11.3. The van der Waals surface area contributed by atoms with Gasteiger partial charge in [0.05, 0.1) is 15.7 Å². The van der Waals surface area contributed by atoms with Gasteiger partial charge in [-0.2, -0.15) is 0 Å². The van der Waals surface area contributed by atoms with E-state index in [4.69, 9.17) is 0 Å². The van der Waals surface area contributed by atoms with Crippen molar-refractivity contribution < 1.29 is 4.79 Å². The highest BCUT2D eigenvalue weighted by Gasteiger charge is 2.04. The lowest BCUT2D eigenvalue weighted by atomic mass is 10.3. The number of carbonyl (C=O) groups excluding carboxylic acids is 1. The average Bonchev–Trinajstić information content (AvgIpc) is 3.19.